The highest BCUT2D eigenvalue weighted by molar-refractivity contribution is 7.89. The van der Waals surface area contributed by atoms with Crippen molar-refractivity contribution in [1.29, 1.82) is 0 Å². The monoisotopic (exact) mass is 288 g/mol. The van der Waals surface area contributed by atoms with E-state index in [1.54, 1.807) is 0 Å². The zero-order chi connectivity index (χ0) is 14.3. The molecule has 0 radical (unpaired) electrons. The molecule has 8 heteroatoms. The molecular formula is C11H13FN2O4S. The number of hydrogen-bond donors (Lipinski definition) is 1. The predicted octanol–water partition coefficient (Wildman–Crippen LogP) is 0.848. The van der Waals surface area contributed by atoms with Crippen LogP contribution in [0.3, 0.4) is 0 Å². The van der Waals surface area contributed by atoms with Gasteiger partial charge >= 0.3 is 5.97 Å². The maximum Gasteiger partial charge on any atom is 0.324 e. The Balaban J connectivity index is 2.48. The van der Waals surface area contributed by atoms with Gasteiger partial charge in [0.2, 0.25) is 10.0 Å². The molecule has 104 valence electrons. The van der Waals surface area contributed by atoms with Gasteiger partial charge < -0.3 is 5.11 Å². The Bertz CT molecular complexity index is 619. The van der Waals surface area contributed by atoms with E-state index in [0.717, 1.165) is 22.8 Å². The second-order valence-electron chi connectivity index (χ2n) is 4.60. The minimum atomic E-state index is -4.06. The molecule has 0 saturated carbocycles. The molecule has 2 heterocycles. The number of carboxylic acids is 1. The fraction of sp³-hybridized carbons (Fsp3) is 0.455. The number of rotatable bonds is 3. The molecule has 0 amide bonds. The van der Waals surface area contributed by atoms with Crippen LogP contribution >= 0.6 is 0 Å². The fourth-order valence-corrected chi connectivity index (χ4v) is 3.98. The summed E-state index contributed by atoms with van der Waals surface area (Å²) in [5.41, 5.74) is -1.49. The van der Waals surface area contributed by atoms with Crippen molar-refractivity contribution in [3.63, 3.8) is 0 Å². The van der Waals surface area contributed by atoms with Gasteiger partial charge in [-0.2, -0.15) is 4.31 Å². The molecule has 0 bridgehead atoms. The molecule has 1 saturated heterocycles. The van der Waals surface area contributed by atoms with Gasteiger partial charge in [0.25, 0.3) is 0 Å². The van der Waals surface area contributed by atoms with Crippen molar-refractivity contribution in [2.75, 3.05) is 6.54 Å². The molecule has 0 aromatic carbocycles. The van der Waals surface area contributed by atoms with Crippen LogP contribution in [0.15, 0.2) is 23.4 Å². The molecule has 1 aliphatic rings. The number of aromatic nitrogens is 1. The molecule has 0 spiro atoms. The first-order valence-corrected chi connectivity index (χ1v) is 7.09. The highest BCUT2D eigenvalue weighted by atomic mass is 32.2. The Morgan fingerprint density at radius 2 is 2.21 bits per heavy atom. The fourth-order valence-electron chi connectivity index (χ4n) is 2.20. The number of pyridine rings is 1. The van der Waals surface area contributed by atoms with Crippen LogP contribution in [0.25, 0.3) is 0 Å². The maximum atomic E-state index is 13.1. The second-order valence-corrected chi connectivity index (χ2v) is 6.46. The van der Waals surface area contributed by atoms with E-state index >= 15 is 0 Å². The molecule has 6 nitrogen and oxygen atoms in total. The Kier molecular flexibility index (Phi) is 3.31. The first-order chi connectivity index (χ1) is 8.78. The largest absolute Gasteiger partial charge is 0.480 e. The van der Waals surface area contributed by atoms with Crippen molar-refractivity contribution in [3.05, 3.63) is 24.3 Å². The summed E-state index contributed by atoms with van der Waals surface area (Å²) < 4.78 is 38.7. The van der Waals surface area contributed by atoms with Gasteiger partial charge in [-0.1, -0.05) is 0 Å². The lowest BCUT2D eigenvalue weighted by molar-refractivity contribution is -0.146. The van der Waals surface area contributed by atoms with E-state index in [0.29, 0.717) is 6.42 Å². The topological polar surface area (TPSA) is 87.6 Å². The van der Waals surface area contributed by atoms with Crippen LogP contribution in [-0.2, 0) is 14.8 Å². The van der Waals surface area contributed by atoms with E-state index in [2.05, 4.69) is 4.98 Å². The zero-order valence-electron chi connectivity index (χ0n) is 10.2. The van der Waals surface area contributed by atoms with Crippen LogP contribution < -0.4 is 0 Å². The summed E-state index contributed by atoms with van der Waals surface area (Å²) in [5, 5.41) is 9.21. The Labute approximate surface area is 109 Å². The maximum absolute atomic E-state index is 13.1. The van der Waals surface area contributed by atoms with Gasteiger partial charge in [-0.05, 0) is 25.8 Å². The highest BCUT2D eigenvalue weighted by Gasteiger charge is 2.49. The average Bonchev–Trinajstić information content (AvgIpc) is 2.73. The minimum Gasteiger partial charge on any atom is -0.480 e. The van der Waals surface area contributed by atoms with Crippen LogP contribution in [0.5, 0.6) is 0 Å². The molecule has 19 heavy (non-hydrogen) atoms. The minimum absolute atomic E-state index is 0.0989. The van der Waals surface area contributed by atoms with Crippen molar-refractivity contribution < 1.29 is 22.7 Å². The summed E-state index contributed by atoms with van der Waals surface area (Å²) >= 11 is 0. The van der Waals surface area contributed by atoms with Crippen LogP contribution in [0.1, 0.15) is 19.8 Å². The van der Waals surface area contributed by atoms with E-state index in [1.165, 1.54) is 6.92 Å². The first kappa shape index (κ1) is 13.9. The summed E-state index contributed by atoms with van der Waals surface area (Å²) in [6.07, 6.45) is 2.58. The zero-order valence-corrected chi connectivity index (χ0v) is 11.0. The quantitative estimate of drug-likeness (QED) is 0.890. The standard InChI is InChI=1S/C11H13FN2O4S/c1-11(10(15)16)3-2-4-14(11)19(17,18)9-5-8(12)6-13-7-9/h5-7H,2-4H2,1H3,(H,15,16). The van der Waals surface area contributed by atoms with Gasteiger partial charge in [0.1, 0.15) is 16.3 Å². The lowest BCUT2D eigenvalue weighted by Gasteiger charge is -2.30. The number of aliphatic carboxylic acids is 1. The lowest BCUT2D eigenvalue weighted by atomic mass is 10.0. The Morgan fingerprint density at radius 3 is 2.79 bits per heavy atom. The van der Waals surface area contributed by atoms with Crippen molar-refractivity contribution in [2.24, 2.45) is 0 Å². The molecule has 1 N–H and O–H groups in total. The van der Waals surface area contributed by atoms with Crippen LogP contribution in [0.2, 0.25) is 0 Å². The van der Waals surface area contributed by atoms with Crippen LogP contribution in [-0.4, -0.2) is 40.9 Å². The smallest absolute Gasteiger partial charge is 0.324 e. The van der Waals surface area contributed by atoms with Gasteiger partial charge in [0.15, 0.2) is 0 Å². The number of halogens is 1. The molecule has 1 aromatic heterocycles. The van der Waals surface area contributed by atoms with Crippen molar-refractivity contribution in [2.45, 2.75) is 30.2 Å². The Hall–Kier alpha value is -1.54. The Morgan fingerprint density at radius 1 is 1.53 bits per heavy atom. The SMILES string of the molecule is CC1(C(=O)O)CCCN1S(=O)(=O)c1cncc(F)c1. The van der Waals surface area contributed by atoms with Gasteiger partial charge in [-0.3, -0.25) is 9.78 Å². The van der Waals surface area contributed by atoms with E-state index in [9.17, 15) is 22.7 Å². The number of carboxylic acid groups (broad SMARTS) is 1. The molecule has 1 aromatic rings. The normalized spacial score (nSPS) is 24.5. The van der Waals surface area contributed by atoms with Gasteiger partial charge in [0, 0.05) is 12.7 Å². The van der Waals surface area contributed by atoms with Crippen molar-refractivity contribution in [3.8, 4) is 0 Å². The average molecular weight is 288 g/mol. The predicted molar refractivity (Wildman–Crippen MR) is 63.4 cm³/mol. The second kappa shape index (κ2) is 4.53. The third kappa shape index (κ3) is 2.21. The van der Waals surface area contributed by atoms with Crippen molar-refractivity contribution in [1.82, 2.24) is 9.29 Å². The summed E-state index contributed by atoms with van der Waals surface area (Å²) in [6.45, 7) is 1.45. The van der Waals surface area contributed by atoms with Crippen molar-refractivity contribution >= 4 is 16.0 Å². The molecular weight excluding hydrogens is 275 g/mol. The van der Waals surface area contributed by atoms with Gasteiger partial charge in [-0.25, -0.2) is 12.8 Å². The van der Waals surface area contributed by atoms with Crippen LogP contribution in [0.4, 0.5) is 4.39 Å². The summed E-state index contributed by atoms with van der Waals surface area (Å²) in [5.74, 6) is -1.99. The molecule has 1 aliphatic heterocycles. The number of hydrogen-bond acceptors (Lipinski definition) is 4. The van der Waals surface area contributed by atoms with Crippen LogP contribution in [0, 0.1) is 5.82 Å². The first-order valence-electron chi connectivity index (χ1n) is 5.65. The van der Waals surface area contributed by atoms with E-state index in [-0.39, 0.29) is 17.9 Å². The summed E-state index contributed by atoms with van der Waals surface area (Å²) in [4.78, 5) is 14.4. The molecule has 1 atom stereocenters. The molecule has 1 unspecified atom stereocenters. The third-order valence-corrected chi connectivity index (χ3v) is 5.29. The number of nitrogens with zero attached hydrogens (tertiary/aromatic N) is 2. The van der Waals surface area contributed by atoms with E-state index in [1.807, 2.05) is 0 Å². The van der Waals surface area contributed by atoms with Gasteiger partial charge in [-0.15, -0.1) is 0 Å². The molecule has 1 fully saturated rings. The number of sulfonamides is 1. The molecule has 2 rings (SSSR count). The summed E-state index contributed by atoms with van der Waals surface area (Å²) in [7, 11) is -4.06. The lowest BCUT2D eigenvalue weighted by Crippen LogP contribution is -2.50. The third-order valence-electron chi connectivity index (χ3n) is 3.30. The summed E-state index contributed by atoms with van der Waals surface area (Å²) in [6, 6.07) is 0.836. The van der Waals surface area contributed by atoms with Gasteiger partial charge in [0.05, 0.1) is 6.20 Å². The van der Waals surface area contributed by atoms with E-state index in [4.69, 9.17) is 0 Å². The highest BCUT2D eigenvalue weighted by Crippen LogP contribution is 2.34. The molecule has 0 aliphatic carbocycles. The number of carbonyl (C=O) groups is 1. The van der Waals surface area contributed by atoms with E-state index < -0.39 is 27.3 Å².